The number of rotatable bonds is 1. The van der Waals surface area contributed by atoms with E-state index in [0.717, 1.165) is 17.3 Å². The van der Waals surface area contributed by atoms with Crippen molar-refractivity contribution in [2.45, 2.75) is 23.5 Å². The van der Waals surface area contributed by atoms with Crippen LogP contribution in [0.4, 0.5) is 5.69 Å². The van der Waals surface area contributed by atoms with Gasteiger partial charge in [-0.05, 0) is 18.6 Å². The van der Waals surface area contributed by atoms with Crippen molar-refractivity contribution in [1.29, 1.82) is 0 Å². The van der Waals surface area contributed by atoms with Crippen LogP contribution in [-0.2, 0) is 0 Å². The zero-order valence-electron chi connectivity index (χ0n) is 7.51. The second kappa shape index (κ2) is 3.81. The maximum absolute atomic E-state index is 6.06. The third-order valence-corrected chi connectivity index (χ3v) is 3.97. The number of halogens is 1. The minimum atomic E-state index is 0.686. The molecular formula is C10H12ClNS. The molecule has 0 spiro atoms. The number of thioether (sulfide) groups is 1. The minimum absolute atomic E-state index is 0.686. The Morgan fingerprint density at radius 1 is 1.62 bits per heavy atom. The van der Waals surface area contributed by atoms with Gasteiger partial charge >= 0.3 is 0 Å². The summed E-state index contributed by atoms with van der Waals surface area (Å²) in [7, 11) is 0. The van der Waals surface area contributed by atoms with Crippen LogP contribution >= 0.6 is 23.4 Å². The number of fused-ring (bicyclic) bond motifs is 1. The summed E-state index contributed by atoms with van der Waals surface area (Å²) < 4.78 is 0. The van der Waals surface area contributed by atoms with Gasteiger partial charge in [0, 0.05) is 16.7 Å². The van der Waals surface area contributed by atoms with E-state index in [1.807, 2.05) is 23.9 Å². The van der Waals surface area contributed by atoms with Crippen LogP contribution in [0, 0.1) is 0 Å². The molecule has 70 valence electrons. The summed E-state index contributed by atoms with van der Waals surface area (Å²) in [4.78, 5) is 1.28. The van der Waals surface area contributed by atoms with Gasteiger partial charge in [-0.1, -0.05) is 24.6 Å². The summed E-state index contributed by atoms with van der Waals surface area (Å²) in [6.07, 6.45) is 1.20. The molecule has 0 saturated carbocycles. The Morgan fingerprint density at radius 3 is 3.23 bits per heavy atom. The second-order valence-corrected chi connectivity index (χ2v) is 4.89. The standard InChI is InChI=1S/C10H12ClNS/c1-2-7-6-12-10-8(11)4-3-5-9(10)13-7/h3-5,7,12H,2,6H2,1H3. The fourth-order valence-corrected chi connectivity index (χ4v) is 2.89. The van der Waals surface area contributed by atoms with Gasteiger partial charge < -0.3 is 5.32 Å². The van der Waals surface area contributed by atoms with E-state index in [2.05, 4.69) is 18.3 Å². The minimum Gasteiger partial charge on any atom is -0.382 e. The summed E-state index contributed by atoms with van der Waals surface area (Å²) in [5.74, 6) is 0. The average Bonchev–Trinajstić information content (AvgIpc) is 2.18. The van der Waals surface area contributed by atoms with Gasteiger partial charge in [-0.2, -0.15) is 0 Å². The van der Waals surface area contributed by atoms with E-state index in [1.54, 1.807) is 0 Å². The van der Waals surface area contributed by atoms with Crippen LogP contribution in [0.3, 0.4) is 0 Å². The molecule has 1 aromatic rings. The van der Waals surface area contributed by atoms with Crippen LogP contribution in [-0.4, -0.2) is 11.8 Å². The van der Waals surface area contributed by atoms with E-state index in [1.165, 1.54) is 11.3 Å². The lowest BCUT2D eigenvalue weighted by molar-refractivity contribution is 0.842. The summed E-state index contributed by atoms with van der Waals surface area (Å²) >= 11 is 7.98. The molecule has 1 heterocycles. The first-order valence-electron chi connectivity index (χ1n) is 4.50. The topological polar surface area (TPSA) is 12.0 Å². The molecular weight excluding hydrogens is 202 g/mol. The molecule has 0 amide bonds. The molecule has 0 saturated heterocycles. The molecule has 0 radical (unpaired) electrons. The molecule has 0 aliphatic carbocycles. The second-order valence-electron chi connectivity index (χ2n) is 3.14. The summed E-state index contributed by atoms with van der Waals surface area (Å²) in [6, 6.07) is 6.06. The quantitative estimate of drug-likeness (QED) is 0.765. The van der Waals surface area contributed by atoms with E-state index in [9.17, 15) is 0 Å². The van der Waals surface area contributed by atoms with Gasteiger partial charge in [0.05, 0.1) is 10.7 Å². The van der Waals surface area contributed by atoms with Gasteiger partial charge in [0.25, 0.3) is 0 Å². The van der Waals surface area contributed by atoms with Crippen molar-refractivity contribution >= 4 is 29.1 Å². The van der Waals surface area contributed by atoms with E-state index < -0.39 is 0 Å². The van der Waals surface area contributed by atoms with Gasteiger partial charge in [-0.15, -0.1) is 11.8 Å². The highest BCUT2D eigenvalue weighted by atomic mass is 35.5. The molecule has 1 aliphatic rings. The van der Waals surface area contributed by atoms with Crippen LogP contribution < -0.4 is 5.32 Å². The Hall–Kier alpha value is -0.340. The van der Waals surface area contributed by atoms with Gasteiger partial charge in [-0.3, -0.25) is 0 Å². The fourth-order valence-electron chi connectivity index (χ4n) is 1.44. The van der Waals surface area contributed by atoms with Crippen molar-refractivity contribution in [1.82, 2.24) is 0 Å². The Morgan fingerprint density at radius 2 is 2.46 bits per heavy atom. The Bertz CT molecular complexity index is 314. The number of anilines is 1. The van der Waals surface area contributed by atoms with Gasteiger partial charge in [0.2, 0.25) is 0 Å². The zero-order chi connectivity index (χ0) is 9.26. The highest BCUT2D eigenvalue weighted by Gasteiger charge is 2.18. The molecule has 1 nitrogen and oxygen atoms in total. The monoisotopic (exact) mass is 213 g/mol. The van der Waals surface area contributed by atoms with E-state index in [4.69, 9.17) is 11.6 Å². The zero-order valence-corrected chi connectivity index (χ0v) is 9.08. The Kier molecular flexibility index (Phi) is 2.70. The number of hydrogen-bond acceptors (Lipinski definition) is 2. The van der Waals surface area contributed by atoms with Gasteiger partial charge in [0.15, 0.2) is 0 Å². The van der Waals surface area contributed by atoms with E-state index in [-0.39, 0.29) is 0 Å². The number of nitrogens with one attached hydrogen (secondary N) is 1. The van der Waals surface area contributed by atoms with Crippen molar-refractivity contribution in [3.63, 3.8) is 0 Å². The van der Waals surface area contributed by atoms with Gasteiger partial charge in [-0.25, -0.2) is 0 Å². The number of para-hydroxylation sites is 1. The molecule has 13 heavy (non-hydrogen) atoms. The lowest BCUT2D eigenvalue weighted by atomic mass is 10.2. The normalized spacial score (nSPS) is 20.6. The first-order chi connectivity index (χ1) is 6.31. The van der Waals surface area contributed by atoms with Gasteiger partial charge in [0.1, 0.15) is 0 Å². The first-order valence-corrected chi connectivity index (χ1v) is 5.76. The van der Waals surface area contributed by atoms with E-state index in [0.29, 0.717) is 5.25 Å². The maximum atomic E-state index is 6.06. The van der Waals surface area contributed by atoms with Crippen LogP contribution in [0.5, 0.6) is 0 Å². The van der Waals surface area contributed by atoms with Crippen molar-refractivity contribution in [3.05, 3.63) is 23.2 Å². The van der Waals surface area contributed by atoms with Crippen LogP contribution in [0.15, 0.2) is 23.1 Å². The third-order valence-electron chi connectivity index (χ3n) is 2.23. The van der Waals surface area contributed by atoms with Crippen molar-refractivity contribution in [2.24, 2.45) is 0 Å². The lowest BCUT2D eigenvalue weighted by Gasteiger charge is -2.25. The molecule has 0 aromatic heterocycles. The fraction of sp³-hybridized carbons (Fsp3) is 0.400. The van der Waals surface area contributed by atoms with E-state index >= 15 is 0 Å². The predicted molar refractivity (Wildman–Crippen MR) is 59.9 cm³/mol. The molecule has 1 atom stereocenters. The van der Waals surface area contributed by atoms with Crippen molar-refractivity contribution in [2.75, 3.05) is 11.9 Å². The summed E-state index contributed by atoms with van der Waals surface area (Å²) in [6.45, 7) is 3.24. The summed E-state index contributed by atoms with van der Waals surface area (Å²) in [5, 5.41) is 4.90. The lowest BCUT2D eigenvalue weighted by Crippen LogP contribution is -2.20. The number of benzene rings is 1. The molecule has 0 bridgehead atoms. The molecule has 3 heteroatoms. The molecule has 0 fully saturated rings. The summed E-state index contributed by atoms with van der Waals surface area (Å²) in [5.41, 5.74) is 1.11. The molecule has 1 aromatic carbocycles. The molecule has 2 rings (SSSR count). The Balaban J connectivity index is 2.31. The maximum Gasteiger partial charge on any atom is 0.0668 e. The smallest absolute Gasteiger partial charge is 0.0668 e. The van der Waals surface area contributed by atoms with Crippen LogP contribution in [0.1, 0.15) is 13.3 Å². The molecule has 1 unspecified atom stereocenters. The van der Waals surface area contributed by atoms with Crippen molar-refractivity contribution in [3.8, 4) is 0 Å². The highest BCUT2D eigenvalue weighted by Crippen LogP contribution is 2.39. The van der Waals surface area contributed by atoms with Crippen LogP contribution in [0.2, 0.25) is 5.02 Å². The Labute approximate surface area is 87.9 Å². The van der Waals surface area contributed by atoms with Crippen LogP contribution in [0.25, 0.3) is 0 Å². The third kappa shape index (κ3) is 1.79. The average molecular weight is 214 g/mol. The van der Waals surface area contributed by atoms with Crippen molar-refractivity contribution < 1.29 is 0 Å². The number of hydrogen-bond donors (Lipinski definition) is 1. The molecule has 1 N–H and O–H groups in total. The SMILES string of the molecule is CCC1CNc2c(Cl)cccc2S1. The predicted octanol–water partition coefficient (Wildman–Crippen LogP) is 3.64. The molecule has 1 aliphatic heterocycles. The first kappa shape index (κ1) is 9.22. The largest absolute Gasteiger partial charge is 0.382 e. The highest BCUT2D eigenvalue weighted by molar-refractivity contribution is 8.00.